The first kappa shape index (κ1) is 16.8. The first-order valence-corrected chi connectivity index (χ1v) is 9.57. The van der Waals surface area contributed by atoms with Crippen molar-refractivity contribution in [2.45, 2.75) is 24.7 Å². The van der Waals surface area contributed by atoms with Crippen molar-refractivity contribution >= 4 is 6.09 Å². The SMILES string of the molecule is Cn1cc(CN2CC3(C2)OC(=O)N2CCN(Cc4ccccc4)CC23)cn1. The van der Waals surface area contributed by atoms with Crippen LogP contribution in [0.3, 0.4) is 0 Å². The van der Waals surface area contributed by atoms with Gasteiger partial charge < -0.3 is 4.74 Å². The molecule has 27 heavy (non-hydrogen) atoms. The van der Waals surface area contributed by atoms with Gasteiger partial charge in [0.15, 0.2) is 5.60 Å². The number of carbonyl (C=O) groups is 1. The average Bonchev–Trinajstić information content (AvgIpc) is 3.17. The molecular formula is C20H25N5O2. The van der Waals surface area contributed by atoms with Crippen LogP contribution in [0.15, 0.2) is 42.7 Å². The van der Waals surface area contributed by atoms with Crippen molar-refractivity contribution in [2.24, 2.45) is 7.05 Å². The molecule has 7 heteroatoms. The second kappa shape index (κ2) is 6.35. The highest BCUT2D eigenvalue weighted by atomic mass is 16.6. The van der Waals surface area contributed by atoms with Gasteiger partial charge >= 0.3 is 6.09 Å². The van der Waals surface area contributed by atoms with E-state index in [1.165, 1.54) is 11.1 Å². The van der Waals surface area contributed by atoms with Crippen molar-refractivity contribution in [1.29, 1.82) is 0 Å². The van der Waals surface area contributed by atoms with Crippen LogP contribution in [0, 0.1) is 0 Å². The molecule has 1 aromatic carbocycles. The summed E-state index contributed by atoms with van der Waals surface area (Å²) < 4.78 is 7.73. The number of fused-ring (bicyclic) bond motifs is 2. The summed E-state index contributed by atoms with van der Waals surface area (Å²) >= 11 is 0. The highest BCUT2D eigenvalue weighted by molar-refractivity contribution is 5.72. The molecule has 1 atom stereocenters. The Balaban J connectivity index is 1.25. The number of aromatic nitrogens is 2. The minimum Gasteiger partial charge on any atom is -0.438 e. The molecule has 0 N–H and O–H groups in total. The third-order valence-electron chi connectivity index (χ3n) is 5.99. The zero-order chi connectivity index (χ0) is 18.4. The minimum absolute atomic E-state index is 0.139. The summed E-state index contributed by atoms with van der Waals surface area (Å²) in [6.07, 6.45) is 3.81. The van der Waals surface area contributed by atoms with Crippen LogP contribution in [0.1, 0.15) is 11.1 Å². The van der Waals surface area contributed by atoms with Gasteiger partial charge in [0, 0.05) is 64.6 Å². The van der Waals surface area contributed by atoms with Gasteiger partial charge in [0.2, 0.25) is 0 Å². The first-order chi connectivity index (χ1) is 13.1. The Hall–Kier alpha value is -2.38. The molecule has 3 saturated heterocycles. The molecule has 0 bridgehead atoms. The van der Waals surface area contributed by atoms with Crippen LogP contribution in [0.25, 0.3) is 0 Å². The van der Waals surface area contributed by atoms with Gasteiger partial charge in [0.05, 0.1) is 12.2 Å². The lowest BCUT2D eigenvalue weighted by molar-refractivity contribution is -0.107. The van der Waals surface area contributed by atoms with Crippen molar-refractivity contribution in [1.82, 2.24) is 24.5 Å². The maximum Gasteiger partial charge on any atom is 0.410 e. The van der Waals surface area contributed by atoms with E-state index in [0.717, 1.165) is 45.8 Å². The molecule has 2 aromatic rings. The molecule has 4 heterocycles. The van der Waals surface area contributed by atoms with Crippen molar-refractivity contribution < 1.29 is 9.53 Å². The van der Waals surface area contributed by atoms with Gasteiger partial charge in [0.1, 0.15) is 0 Å². The van der Waals surface area contributed by atoms with E-state index in [9.17, 15) is 4.79 Å². The van der Waals surface area contributed by atoms with E-state index >= 15 is 0 Å². The van der Waals surface area contributed by atoms with Gasteiger partial charge in [0.25, 0.3) is 0 Å². The van der Waals surface area contributed by atoms with E-state index in [-0.39, 0.29) is 17.7 Å². The predicted octanol–water partition coefficient (Wildman–Crippen LogP) is 1.31. The topological polar surface area (TPSA) is 53.8 Å². The molecule has 0 aliphatic carbocycles. The summed E-state index contributed by atoms with van der Waals surface area (Å²) in [5, 5.41) is 4.23. The largest absolute Gasteiger partial charge is 0.438 e. The second-order valence-corrected chi connectivity index (χ2v) is 8.03. The third-order valence-corrected chi connectivity index (χ3v) is 5.99. The fourth-order valence-electron chi connectivity index (χ4n) is 4.70. The Morgan fingerprint density at radius 1 is 1.11 bits per heavy atom. The number of aryl methyl sites for hydroxylation is 1. The number of hydrogen-bond donors (Lipinski definition) is 0. The number of amides is 1. The fourth-order valence-corrected chi connectivity index (χ4v) is 4.70. The molecule has 0 saturated carbocycles. The van der Waals surface area contributed by atoms with Gasteiger partial charge in [-0.2, -0.15) is 5.10 Å². The molecule has 3 fully saturated rings. The zero-order valence-electron chi connectivity index (χ0n) is 15.6. The van der Waals surface area contributed by atoms with Crippen molar-refractivity contribution in [3.05, 3.63) is 53.9 Å². The van der Waals surface area contributed by atoms with E-state index in [4.69, 9.17) is 4.74 Å². The number of ether oxygens (including phenoxy) is 1. The maximum atomic E-state index is 12.4. The number of benzene rings is 1. The summed E-state index contributed by atoms with van der Waals surface area (Å²) in [4.78, 5) is 19.1. The lowest BCUT2D eigenvalue weighted by Gasteiger charge is -2.51. The highest BCUT2D eigenvalue weighted by Gasteiger charge is 2.61. The van der Waals surface area contributed by atoms with Crippen LogP contribution in [-0.4, -0.2) is 74.9 Å². The van der Waals surface area contributed by atoms with Gasteiger partial charge in [-0.25, -0.2) is 4.79 Å². The summed E-state index contributed by atoms with van der Waals surface area (Å²) in [5.74, 6) is 0. The van der Waals surface area contributed by atoms with E-state index < -0.39 is 0 Å². The van der Waals surface area contributed by atoms with E-state index in [2.05, 4.69) is 39.2 Å². The van der Waals surface area contributed by atoms with Crippen LogP contribution < -0.4 is 0 Å². The molecule has 5 rings (SSSR count). The Labute approximate surface area is 159 Å². The number of piperazine rings is 1. The molecule has 1 aromatic heterocycles. The summed E-state index contributed by atoms with van der Waals surface area (Å²) in [7, 11) is 1.93. The van der Waals surface area contributed by atoms with Gasteiger partial charge in [-0.1, -0.05) is 30.3 Å². The Kier molecular flexibility index (Phi) is 3.94. The molecule has 3 aliphatic rings. The van der Waals surface area contributed by atoms with Crippen LogP contribution in [0.4, 0.5) is 4.79 Å². The number of rotatable bonds is 4. The monoisotopic (exact) mass is 367 g/mol. The molecule has 0 radical (unpaired) electrons. The van der Waals surface area contributed by atoms with Crippen molar-refractivity contribution in [3.63, 3.8) is 0 Å². The summed E-state index contributed by atoms with van der Waals surface area (Å²) in [5.41, 5.74) is 2.16. The third kappa shape index (κ3) is 3.00. The second-order valence-electron chi connectivity index (χ2n) is 8.03. The standard InChI is InChI=1S/C20H25N5O2/c1-22-10-17(9-21-22)12-24-14-20(15-24)18-13-23(7-8-25(18)19(26)27-20)11-16-5-3-2-4-6-16/h2-6,9-10,18H,7-8,11-15H2,1H3. The maximum absolute atomic E-state index is 12.4. The van der Waals surface area contributed by atoms with Crippen molar-refractivity contribution in [3.8, 4) is 0 Å². The van der Waals surface area contributed by atoms with E-state index in [1.54, 1.807) is 0 Å². The molecule has 7 nitrogen and oxygen atoms in total. The predicted molar refractivity (Wildman–Crippen MR) is 99.9 cm³/mol. The molecule has 1 spiro atoms. The van der Waals surface area contributed by atoms with Crippen LogP contribution in [-0.2, 0) is 24.9 Å². The van der Waals surface area contributed by atoms with Crippen LogP contribution in [0.5, 0.6) is 0 Å². The number of nitrogens with zero attached hydrogens (tertiary/aromatic N) is 5. The molecule has 3 aliphatic heterocycles. The highest BCUT2D eigenvalue weighted by Crippen LogP contribution is 2.40. The van der Waals surface area contributed by atoms with E-state index in [0.29, 0.717) is 0 Å². The Morgan fingerprint density at radius 3 is 2.63 bits per heavy atom. The lowest BCUT2D eigenvalue weighted by atomic mass is 9.84. The fraction of sp³-hybridized carbons (Fsp3) is 0.500. The number of carbonyl (C=O) groups excluding carboxylic acids is 1. The van der Waals surface area contributed by atoms with Crippen LogP contribution in [0.2, 0.25) is 0 Å². The first-order valence-electron chi connectivity index (χ1n) is 9.57. The molecule has 1 amide bonds. The van der Waals surface area contributed by atoms with Crippen LogP contribution >= 0.6 is 0 Å². The Bertz CT molecular complexity index is 830. The quantitative estimate of drug-likeness (QED) is 0.816. The summed E-state index contributed by atoms with van der Waals surface area (Å²) in [6, 6.07) is 10.7. The number of likely N-dealkylation sites (tertiary alicyclic amines) is 1. The average molecular weight is 367 g/mol. The van der Waals surface area contributed by atoms with Gasteiger partial charge in [-0.05, 0) is 5.56 Å². The smallest absolute Gasteiger partial charge is 0.410 e. The lowest BCUT2D eigenvalue weighted by Crippen LogP contribution is -2.70. The zero-order valence-corrected chi connectivity index (χ0v) is 15.6. The van der Waals surface area contributed by atoms with E-state index in [1.807, 2.05) is 35.1 Å². The van der Waals surface area contributed by atoms with Gasteiger partial charge in [-0.15, -0.1) is 0 Å². The molecule has 142 valence electrons. The summed E-state index contributed by atoms with van der Waals surface area (Å²) in [6.45, 7) is 5.91. The van der Waals surface area contributed by atoms with Gasteiger partial charge in [-0.3, -0.25) is 19.4 Å². The molecular weight excluding hydrogens is 342 g/mol. The molecule has 1 unspecified atom stereocenters. The Morgan fingerprint density at radius 2 is 1.89 bits per heavy atom. The normalized spacial score (nSPS) is 24.7. The minimum atomic E-state index is -0.353. The number of hydrogen-bond acceptors (Lipinski definition) is 5. The van der Waals surface area contributed by atoms with Crippen molar-refractivity contribution in [2.75, 3.05) is 32.7 Å².